The number of nitriles is 1. The van der Waals surface area contributed by atoms with Gasteiger partial charge in [0, 0.05) is 53.7 Å². The smallest absolute Gasteiger partial charge is 0.332 e. The summed E-state index contributed by atoms with van der Waals surface area (Å²) in [4.78, 5) is 21.5. The molecule has 1 saturated heterocycles. The van der Waals surface area contributed by atoms with Crippen molar-refractivity contribution in [3.05, 3.63) is 84.5 Å². The first kappa shape index (κ1) is 24.6. The molecule has 2 aromatic heterocycles. The molecule has 0 unspecified atom stereocenters. The fourth-order valence-corrected chi connectivity index (χ4v) is 5.70. The number of hydrogen-bond donors (Lipinski definition) is 1. The minimum Gasteiger partial charge on any atom is -0.460 e. The van der Waals surface area contributed by atoms with Crippen molar-refractivity contribution in [2.45, 2.75) is 37.8 Å². The lowest BCUT2D eigenvalue weighted by Crippen LogP contribution is -2.61. The Morgan fingerprint density at radius 2 is 1.89 bits per heavy atom. The zero-order chi connectivity index (χ0) is 26.2. The molecule has 188 valence electrons. The lowest BCUT2D eigenvalue weighted by Gasteiger charge is -2.48. The summed E-state index contributed by atoms with van der Waals surface area (Å²) in [5.41, 5.74) is 1.67. The summed E-state index contributed by atoms with van der Waals surface area (Å²) >= 11 is 0. The largest absolute Gasteiger partial charge is 0.460 e. The van der Waals surface area contributed by atoms with Crippen LogP contribution in [0.1, 0.15) is 31.5 Å². The predicted octanol–water partition coefficient (Wildman–Crippen LogP) is 5.73. The third-order valence-corrected chi connectivity index (χ3v) is 7.59. The van der Waals surface area contributed by atoms with Gasteiger partial charge in [-0.3, -0.25) is 9.97 Å². The molecule has 5 rings (SSSR count). The van der Waals surface area contributed by atoms with E-state index in [1.54, 1.807) is 68.0 Å². The molecule has 1 saturated carbocycles. The van der Waals surface area contributed by atoms with Crippen LogP contribution in [0.15, 0.2) is 73.2 Å². The van der Waals surface area contributed by atoms with Crippen molar-refractivity contribution in [2.24, 2.45) is 17.8 Å². The summed E-state index contributed by atoms with van der Waals surface area (Å²) in [5, 5.41) is 12.5. The lowest BCUT2D eigenvalue weighted by atomic mass is 9.60. The quantitative estimate of drug-likeness (QED) is 0.450. The minimum absolute atomic E-state index is 0.513. The van der Waals surface area contributed by atoms with E-state index in [9.17, 15) is 10.1 Å². The number of pyridine rings is 2. The maximum Gasteiger partial charge on any atom is 0.332 e. The van der Waals surface area contributed by atoms with E-state index >= 15 is 8.78 Å². The van der Waals surface area contributed by atoms with Gasteiger partial charge < -0.3 is 10.1 Å². The molecule has 3 aromatic rings. The third kappa shape index (κ3) is 4.35. The molecule has 0 amide bonds. The molecule has 1 N–H and O–H groups in total. The van der Waals surface area contributed by atoms with E-state index in [0.29, 0.717) is 16.9 Å². The van der Waals surface area contributed by atoms with Gasteiger partial charge in [-0.1, -0.05) is 37.3 Å². The Kier molecular flexibility index (Phi) is 6.24. The highest BCUT2D eigenvalue weighted by molar-refractivity contribution is 5.88. The Bertz CT molecular complexity index is 1370. The van der Waals surface area contributed by atoms with Gasteiger partial charge >= 0.3 is 5.97 Å². The summed E-state index contributed by atoms with van der Waals surface area (Å²) in [7, 11) is 0. The van der Waals surface area contributed by atoms with Crippen LogP contribution in [0.4, 0.5) is 14.5 Å². The molecule has 1 aliphatic heterocycles. The molecule has 0 spiro atoms. The Hall–Kier alpha value is -4.12. The van der Waals surface area contributed by atoms with Crippen LogP contribution < -0.4 is 5.32 Å². The molecule has 1 aliphatic carbocycles. The van der Waals surface area contributed by atoms with Crippen LogP contribution in [0.5, 0.6) is 0 Å². The lowest BCUT2D eigenvalue weighted by molar-refractivity contribution is -0.153. The zero-order valence-corrected chi connectivity index (χ0v) is 20.4. The number of carbonyl (C=O) groups excluding carboxylic acids is 1. The van der Waals surface area contributed by atoms with Crippen molar-refractivity contribution in [1.29, 1.82) is 5.26 Å². The second kappa shape index (κ2) is 9.40. The molecular formula is C29H26F2N4O2. The zero-order valence-electron chi connectivity index (χ0n) is 20.4. The van der Waals surface area contributed by atoms with Gasteiger partial charge in [0.25, 0.3) is 5.92 Å². The number of nitrogens with one attached hydrogen (secondary N) is 1. The number of benzene rings is 1. The van der Waals surface area contributed by atoms with Crippen molar-refractivity contribution < 1.29 is 18.3 Å². The SMILES string of the molecule is C[C@H]1OC(=O)[C@]2(Nc3ccncc3)CC(F)(F)[C@@H](C)[C@H](/C=C/c3ccc(-c4ccccc4C#N)cn3)[C@H]12. The second-order valence-electron chi connectivity index (χ2n) is 9.76. The fourth-order valence-electron chi connectivity index (χ4n) is 5.70. The van der Waals surface area contributed by atoms with Crippen molar-refractivity contribution >= 4 is 17.7 Å². The number of anilines is 1. The molecule has 3 heterocycles. The molecule has 2 aliphatic rings. The maximum atomic E-state index is 15.4. The summed E-state index contributed by atoms with van der Waals surface area (Å²) in [6.45, 7) is 3.28. The van der Waals surface area contributed by atoms with Crippen LogP contribution in [0, 0.1) is 29.1 Å². The number of hydrogen-bond acceptors (Lipinski definition) is 6. The molecule has 8 heteroatoms. The average Bonchev–Trinajstić information content (AvgIpc) is 3.13. The van der Waals surface area contributed by atoms with Crippen LogP contribution in [0.25, 0.3) is 17.2 Å². The van der Waals surface area contributed by atoms with E-state index < -0.39 is 47.7 Å². The number of halogens is 2. The Labute approximate surface area is 214 Å². The number of esters is 1. The standard InChI is InChI=1S/C29H26F2N4O2/c1-18-24(10-9-22-8-7-21(16-34-22)25-6-4-3-5-20(25)15-32)26-19(2)37-27(36)28(26,17-29(18,30)31)35-23-11-13-33-14-12-23/h3-14,16,18-19,24,26H,17H2,1-2H3,(H,33,35)/b10-9+/t18-,19+,24-,26-,28-/m0/s1. The van der Waals surface area contributed by atoms with Gasteiger partial charge in [0.2, 0.25) is 0 Å². The Morgan fingerprint density at radius 1 is 1.14 bits per heavy atom. The molecule has 37 heavy (non-hydrogen) atoms. The van der Waals surface area contributed by atoms with Gasteiger partial charge in [0.15, 0.2) is 0 Å². The van der Waals surface area contributed by atoms with Crippen molar-refractivity contribution in [2.75, 3.05) is 5.32 Å². The number of fused-ring (bicyclic) bond motifs is 1. The minimum atomic E-state index is -3.10. The number of cyclic esters (lactones) is 1. The van der Waals surface area contributed by atoms with Crippen LogP contribution in [-0.4, -0.2) is 33.5 Å². The van der Waals surface area contributed by atoms with Crippen molar-refractivity contribution in [3.8, 4) is 17.2 Å². The van der Waals surface area contributed by atoms with Gasteiger partial charge in [-0.25, -0.2) is 13.6 Å². The monoisotopic (exact) mass is 500 g/mol. The van der Waals surface area contributed by atoms with Gasteiger partial charge in [0.1, 0.15) is 11.6 Å². The van der Waals surface area contributed by atoms with Crippen LogP contribution in [0.2, 0.25) is 0 Å². The summed E-state index contributed by atoms with van der Waals surface area (Å²) < 4.78 is 36.4. The number of allylic oxidation sites excluding steroid dienone is 1. The molecule has 0 bridgehead atoms. The third-order valence-electron chi connectivity index (χ3n) is 7.59. The topological polar surface area (TPSA) is 87.9 Å². The predicted molar refractivity (Wildman–Crippen MR) is 135 cm³/mol. The first-order chi connectivity index (χ1) is 17.7. The summed E-state index contributed by atoms with van der Waals surface area (Å²) in [6.07, 6.45) is 7.01. The van der Waals surface area contributed by atoms with E-state index in [4.69, 9.17) is 4.74 Å². The molecule has 6 nitrogen and oxygen atoms in total. The van der Waals surface area contributed by atoms with E-state index in [-0.39, 0.29) is 0 Å². The highest BCUT2D eigenvalue weighted by Crippen LogP contribution is 2.56. The maximum absolute atomic E-state index is 15.4. The number of rotatable bonds is 5. The molecule has 5 atom stereocenters. The summed E-state index contributed by atoms with van der Waals surface area (Å²) in [6, 6.07) is 16.4. The average molecular weight is 501 g/mol. The first-order valence-corrected chi connectivity index (χ1v) is 12.2. The highest BCUT2D eigenvalue weighted by atomic mass is 19.3. The summed E-state index contributed by atoms with van der Waals surface area (Å²) in [5.74, 6) is -5.95. The highest BCUT2D eigenvalue weighted by Gasteiger charge is 2.68. The van der Waals surface area contributed by atoms with Crippen LogP contribution in [0.3, 0.4) is 0 Å². The molecule has 2 fully saturated rings. The molecule has 1 aromatic carbocycles. The van der Waals surface area contributed by atoms with Crippen LogP contribution in [-0.2, 0) is 9.53 Å². The van der Waals surface area contributed by atoms with E-state index in [1.807, 2.05) is 18.2 Å². The molecular weight excluding hydrogens is 474 g/mol. The number of nitrogens with zero attached hydrogens (tertiary/aromatic N) is 3. The number of ether oxygens (including phenoxy) is 1. The second-order valence-corrected chi connectivity index (χ2v) is 9.76. The van der Waals surface area contributed by atoms with Gasteiger partial charge in [0.05, 0.1) is 17.3 Å². The van der Waals surface area contributed by atoms with Crippen LogP contribution >= 0.6 is 0 Å². The Morgan fingerprint density at radius 3 is 2.59 bits per heavy atom. The van der Waals surface area contributed by atoms with Gasteiger partial charge in [-0.05, 0) is 43.2 Å². The fraction of sp³-hybridized carbons (Fsp3) is 0.310. The number of alkyl halides is 2. The van der Waals surface area contributed by atoms with E-state index in [2.05, 4.69) is 21.4 Å². The normalized spacial score (nSPS) is 28.4. The molecule has 0 radical (unpaired) electrons. The number of carbonyl (C=O) groups is 1. The van der Waals surface area contributed by atoms with Crippen molar-refractivity contribution in [3.63, 3.8) is 0 Å². The van der Waals surface area contributed by atoms with Crippen molar-refractivity contribution in [1.82, 2.24) is 9.97 Å². The van der Waals surface area contributed by atoms with E-state index in [1.165, 1.54) is 6.92 Å². The van der Waals surface area contributed by atoms with Gasteiger partial charge in [-0.2, -0.15) is 5.26 Å². The van der Waals surface area contributed by atoms with E-state index in [0.717, 1.165) is 11.1 Å². The Balaban J connectivity index is 1.47. The van der Waals surface area contributed by atoms with Gasteiger partial charge in [-0.15, -0.1) is 0 Å². The number of aromatic nitrogens is 2. The first-order valence-electron chi connectivity index (χ1n) is 12.2.